The van der Waals surface area contributed by atoms with Crippen molar-refractivity contribution in [2.75, 3.05) is 19.1 Å². The molecule has 1 aliphatic rings. The van der Waals surface area contributed by atoms with Crippen LogP contribution in [0.15, 0.2) is 69.6 Å². The lowest BCUT2D eigenvalue weighted by atomic mass is 9.81. The van der Waals surface area contributed by atoms with Crippen LogP contribution in [-0.4, -0.2) is 26.2 Å². The van der Waals surface area contributed by atoms with Gasteiger partial charge in [0.15, 0.2) is 0 Å². The predicted octanol–water partition coefficient (Wildman–Crippen LogP) is 4.09. The molecule has 0 saturated carbocycles. The molecule has 2 aromatic rings. The number of allylic oxidation sites excluding steroid dienone is 1. The number of anilines is 1. The van der Waals surface area contributed by atoms with E-state index in [1.165, 1.54) is 6.07 Å². The van der Waals surface area contributed by atoms with Gasteiger partial charge in [-0.05, 0) is 50.2 Å². The van der Waals surface area contributed by atoms with Crippen LogP contribution in [0.1, 0.15) is 11.5 Å². The van der Waals surface area contributed by atoms with Crippen LogP contribution >= 0.6 is 38.5 Å². The molecule has 0 radical (unpaired) electrons. The monoisotopic (exact) mass is 611 g/mol. The SMILES string of the molecule is COC(=O)C1=C(C(=O)OC)N(c2cc(F)c(I)cc2Br)C(N)=C(C#N)C1c1ccccc1. The van der Waals surface area contributed by atoms with E-state index in [0.29, 0.717) is 13.6 Å². The van der Waals surface area contributed by atoms with E-state index in [2.05, 4.69) is 15.9 Å². The highest BCUT2D eigenvalue weighted by Crippen LogP contribution is 2.45. The van der Waals surface area contributed by atoms with Crippen molar-refractivity contribution < 1.29 is 23.5 Å². The van der Waals surface area contributed by atoms with E-state index in [9.17, 15) is 19.2 Å². The predicted molar refractivity (Wildman–Crippen MR) is 126 cm³/mol. The number of hydrogen-bond acceptors (Lipinski definition) is 7. The van der Waals surface area contributed by atoms with Crippen LogP contribution < -0.4 is 10.6 Å². The fourth-order valence-corrected chi connectivity index (χ4v) is 4.86. The fourth-order valence-electron chi connectivity index (χ4n) is 3.45. The maximum Gasteiger partial charge on any atom is 0.355 e. The highest BCUT2D eigenvalue weighted by molar-refractivity contribution is 14.1. The van der Waals surface area contributed by atoms with E-state index in [0.717, 1.165) is 25.2 Å². The van der Waals surface area contributed by atoms with E-state index in [1.54, 1.807) is 30.3 Å². The lowest BCUT2D eigenvalue weighted by Crippen LogP contribution is -2.41. The van der Waals surface area contributed by atoms with Crippen molar-refractivity contribution >= 4 is 56.1 Å². The van der Waals surface area contributed by atoms with Crippen LogP contribution in [0.25, 0.3) is 0 Å². The highest BCUT2D eigenvalue weighted by Gasteiger charge is 2.43. The summed E-state index contributed by atoms with van der Waals surface area (Å²) in [6, 6.07) is 13.3. The van der Waals surface area contributed by atoms with Crippen LogP contribution in [-0.2, 0) is 19.1 Å². The van der Waals surface area contributed by atoms with Crippen molar-refractivity contribution in [1.82, 2.24) is 0 Å². The first-order valence-corrected chi connectivity index (χ1v) is 10.9. The van der Waals surface area contributed by atoms with E-state index in [-0.39, 0.29) is 28.4 Å². The van der Waals surface area contributed by atoms with Gasteiger partial charge in [-0.1, -0.05) is 30.3 Å². The first kappa shape index (κ1) is 23.7. The molecular weight excluding hydrogens is 596 g/mol. The number of rotatable bonds is 4. The molecule has 1 aliphatic heterocycles. The Balaban J connectivity index is 2.46. The van der Waals surface area contributed by atoms with E-state index in [1.807, 2.05) is 28.7 Å². The Labute approximate surface area is 205 Å². The molecule has 2 aromatic carbocycles. The summed E-state index contributed by atoms with van der Waals surface area (Å²) in [4.78, 5) is 27.1. The molecule has 1 heterocycles. The molecule has 0 saturated heterocycles. The van der Waals surface area contributed by atoms with Gasteiger partial charge in [0.05, 0.1) is 46.6 Å². The summed E-state index contributed by atoms with van der Waals surface area (Å²) in [5.74, 6) is -3.48. The zero-order valence-corrected chi connectivity index (χ0v) is 20.6. The number of hydrogen-bond donors (Lipinski definition) is 1. The van der Waals surface area contributed by atoms with Crippen molar-refractivity contribution in [1.29, 1.82) is 5.26 Å². The van der Waals surface area contributed by atoms with Gasteiger partial charge < -0.3 is 15.2 Å². The molecule has 3 rings (SSSR count). The van der Waals surface area contributed by atoms with Crippen molar-refractivity contribution in [3.63, 3.8) is 0 Å². The third kappa shape index (κ3) is 4.10. The van der Waals surface area contributed by atoms with Gasteiger partial charge in [-0.3, -0.25) is 4.90 Å². The first-order chi connectivity index (χ1) is 15.3. The molecular formula is C22H16BrFIN3O4. The van der Waals surface area contributed by atoms with Crippen LogP contribution in [0.5, 0.6) is 0 Å². The van der Waals surface area contributed by atoms with Gasteiger partial charge in [0, 0.05) is 10.5 Å². The van der Waals surface area contributed by atoms with Crippen LogP contribution in [0, 0.1) is 20.7 Å². The molecule has 0 fully saturated rings. The van der Waals surface area contributed by atoms with Gasteiger partial charge in [0.2, 0.25) is 0 Å². The summed E-state index contributed by atoms with van der Waals surface area (Å²) >= 11 is 5.17. The zero-order valence-electron chi connectivity index (χ0n) is 16.9. The Hall–Kier alpha value is -2.91. The molecule has 0 amide bonds. The number of esters is 2. The Morgan fingerprint density at radius 3 is 2.38 bits per heavy atom. The Morgan fingerprint density at radius 1 is 1.19 bits per heavy atom. The molecule has 10 heteroatoms. The molecule has 1 atom stereocenters. The number of nitrogens with two attached hydrogens (primary N) is 1. The Kier molecular flexibility index (Phi) is 7.20. The second-order valence-corrected chi connectivity index (χ2v) is 8.57. The Bertz CT molecular complexity index is 1210. The topological polar surface area (TPSA) is 106 Å². The normalized spacial score (nSPS) is 16.0. The molecule has 2 N–H and O–H groups in total. The van der Waals surface area contributed by atoms with Crippen molar-refractivity contribution in [3.8, 4) is 6.07 Å². The van der Waals surface area contributed by atoms with Gasteiger partial charge in [-0.15, -0.1) is 0 Å². The minimum absolute atomic E-state index is 0.00453. The second kappa shape index (κ2) is 9.70. The summed E-state index contributed by atoms with van der Waals surface area (Å²) in [5.41, 5.74) is 6.61. The van der Waals surface area contributed by atoms with Crippen LogP contribution in [0.3, 0.4) is 0 Å². The molecule has 32 heavy (non-hydrogen) atoms. The van der Waals surface area contributed by atoms with Gasteiger partial charge in [0.1, 0.15) is 17.3 Å². The summed E-state index contributed by atoms with van der Waals surface area (Å²) in [6.45, 7) is 0. The zero-order chi connectivity index (χ0) is 23.6. The smallest absolute Gasteiger partial charge is 0.355 e. The van der Waals surface area contributed by atoms with Crippen molar-refractivity contribution in [2.45, 2.75) is 5.92 Å². The van der Waals surface area contributed by atoms with Gasteiger partial charge in [-0.2, -0.15) is 5.26 Å². The Morgan fingerprint density at radius 2 is 1.81 bits per heavy atom. The molecule has 0 aliphatic carbocycles. The lowest BCUT2D eigenvalue weighted by Gasteiger charge is -2.36. The number of nitriles is 1. The number of benzene rings is 2. The number of carbonyl (C=O) groups excluding carboxylic acids is 2. The first-order valence-electron chi connectivity index (χ1n) is 9.06. The average molecular weight is 612 g/mol. The largest absolute Gasteiger partial charge is 0.466 e. The number of halogens is 3. The number of methoxy groups -OCH3 is 2. The van der Waals surface area contributed by atoms with E-state index < -0.39 is 23.7 Å². The maximum absolute atomic E-state index is 14.5. The van der Waals surface area contributed by atoms with Gasteiger partial charge >= 0.3 is 11.9 Å². The summed E-state index contributed by atoms with van der Waals surface area (Å²) < 4.78 is 25.1. The van der Waals surface area contributed by atoms with Crippen molar-refractivity contribution in [3.05, 3.63) is 84.6 Å². The molecule has 0 spiro atoms. The third-order valence-corrected chi connectivity index (χ3v) is 6.30. The second-order valence-electron chi connectivity index (χ2n) is 6.55. The third-order valence-electron chi connectivity index (χ3n) is 4.84. The van der Waals surface area contributed by atoms with E-state index >= 15 is 0 Å². The van der Waals surface area contributed by atoms with Gasteiger partial charge in [-0.25, -0.2) is 14.0 Å². The average Bonchev–Trinajstić information content (AvgIpc) is 2.80. The highest BCUT2D eigenvalue weighted by atomic mass is 127. The molecule has 7 nitrogen and oxygen atoms in total. The lowest BCUT2D eigenvalue weighted by molar-refractivity contribution is -0.139. The number of ether oxygens (including phenoxy) is 2. The van der Waals surface area contributed by atoms with Crippen LogP contribution in [0.2, 0.25) is 0 Å². The quantitative estimate of drug-likeness (QED) is 0.315. The fraction of sp³-hybridized carbons (Fsp3) is 0.136. The minimum Gasteiger partial charge on any atom is -0.466 e. The summed E-state index contributed by atoms with van der Waals surface area (Å²) in [6.07, 6.45) is 0. The summed E-state index contributed by atoms with van der Waals surface area (Å²) in [5, 5.41) is 9.99. The molecule has 1 unspecified atom stereocenters. The summed E-state index contributed by atoms with van der Waals surface area (Å²) in [7, 11) is 2.30. The minimum atomic E-state index is -0.994. The number of carbonyl (C=O) groups is 2. The van der Waals surface area contributed by atoms with Crippen molar-refractivity contribution in [2.24, 2.45) is 5.73 Å². The number of nitrogens with zero attached hydrogens (tertiary/aromatic N) is 2. The van der Waals surface area contributed by atoms with Crippen LogP contribution in [0.4, 0.5) is 10.1 Å². The van der Waals surface area contributed by atoms with Gasteiger partial charge in [0.25, 0.3) is 0 Å². The van der Waals surface area contributed by atoms with E-state index in [4.69, 9.17) is 15.2 Å². The molecule has 0 bridgehead atoms. The molecule has 164 valence electrons. The molecule has 0 aromatic heterocycles. The maximum atomic E-state index is 14.5. The standard InChI is InChI=1S/C22H16BrFIN3O4/c1-31-21(29)18-17(11-6-4-3-5-7-11)12(10-26)20(27)28(19(18)22(30)32-2)16-9-14(24)15(25)8-13(16)23/h3-9,17H,27H2,1-2H3.